The van der Waals surface area contributed by atoms with Crippen LogP contribution in [0.25, 0.3) is 16.9 Å². The SMILES string of the molecule is O=C(Nc1cccc(-n2c(=O)c(Cc3ccccc3)nc3cccnc32)c1)c1ccc2c(c1)OCO2. The summed E-state index contributed by atoms with van der Waals surface area (Å²) in [6, 6.07) is 25.5. The number of carbonyl (C=O) groups excluding carboxylic acids is 1. The van der Waals surface area contributed by atoms with Crippen molar-refractivity contribution in [3.05, 3.63) is 118 Å². The molecule has 3 aromatic carbocycles. The van der Waals surface area contributed by atoms with E-state index >= 15 is 0 Å². The fourth-order valence-corrected chi connectivity index (χ4v) is 4.17. The Kier molecular flexibility index (Phi) is 5.38. The molecule has 1 N–H and O–H groups in total. The van der Waals surface area contributed by atoms with Crippen LogP contribution in [0.3, 0.4) is 0 Å². The monoisotopic (exact) mass is 476 g/mol. The molecule has 0 bridgehead atoms. The normalized spacial score (nSPS) is 12.0. The number of hydrogen-bond donors (Lipinski definition) is 1. The first kappa shape index (κ1) is 21.5. The number of ether oxygens (including phenoxy) is 2. The number of amides is 1. The summed E-state index contributed by atoms with van der Waals surface area (Å²) in [7, 11) is 0. The van der Waals surface area contributed by atoms with Crippen LogP contribution in [0.4, 0.5) is 5.69 Å². The predicted octanol–water partition coefficient (Wildman–Crippen LogP) is 4.35. The molecule has 0 fully saturated rings. The molecule has 1 aliphatic heterocycles. The molecular formula is C28H20N4O4. The van der Waals surface area contributed by atoms with Crippen LogP contribution >= 0.6 is 0 Å². The van der Waals surface area contributed by atoms with E-state index in [1.54, 1.807) is 54.7 Å². The van der Waals surface area contributed by atoms with Gasteiger partial charge in [-0.3, -0.25) is 14.2 Å². The second kappa shape index (κ2) is 8.99. The molecule has 5 aromatic rings. The van der Waals surface area contributed by atoms with Gasteiger partial charge in [0, 0.05) is 23.9 Å². The highest BCUT2D eigenvalue weighted by Crippen LogP contribution is 2.32. The van der Waals surface area contributed by atoms with Crippen molar-refractivity contribution < 1.29 is 14.3 Å². The number of fused-ring (bicyclic) bond motifs is 2. The molecule has 0 saturated heterocycles. The topological polar surface area (TPSA) is 95.3 Å². The number of nitrogens with one attached hydrogen (secondary N) is 1. The first-order valence-corrected chi connectivity index (χ1v) is 11.4. The zero-order valence-electron chi connectivity index (χ0n) is 19.0. The highest BCUT2D eigenvalue weighted by molar-refractivity contribution is 6.04. The summed E-state index contributed by atoms with van der Waals surface area (Å²) in [5.74, 6) is 0.833. The number of aromatic nitrogens is 3. The summed E-state index contributed by atoms with van der Waals surface area (Å²) in [5.41, 5.74) is 3.73. The molecule has 2 aromatic heterocycles. The molecule has 0 unspecified atom stereocenters. The lowest BCUT2D eigenvalue weighted by molar-refractivity contribution is 0.102. The van der Waals surface area contributed by atoms with E-state index in [-0.39, 0.29) is 18.3 Å². The molecule has 36 heavy (non-hydrogen) atoms. The molecule has 3 heterocycles. The Morgan fingerprint density at radius 3 is 2.67 bits per heavy atom. The van der Waals surface area contributed by atoms with Crippen molar-refractivity contribution in [1.29, 1.82) is 0 Å². The fraction of sp³-hybridized carbons (Fsp3) is 0.0714. The van der Waals surface area contributed by atoms with E-state index in [1.165, 1.54) is 4.57 Å². The van der Waals surface area contributed by atoms with Crippen LogP contribution in [0, 0.1) is 0 Å². The lowest BCUT2D eigenvalue weighted by Crippen LogP contribution is -2.25. The third-order valence-corrected chi connectivity index (χ3v) is 5.89. The van der Waals surface area contributed by atoms with Gasteiger partial charge < -0.3 is 14.8 Å². The van der Waals surface area contributed by atoms with Gasteiger partial charge in [0.1, 0.15) is 11.2 Å². The number of anilines is 1. The molecule has 6 rings (SSSR count). The number of carbonyl (C=O) groups is 1. The Balaban J connectivity index is 1.37. The quantitative estimate of drug-likeness (QED) is 0.405. The second-order valence-corrected chi connectivity index (χ2v) is 8.28. The van der Waals surface area contributed by atoms with Gasteiger partial charge in [0.05, 0.1) is 5.69 Å². The van der Waals surface area contributed by atoms with Gasteiger partial charge in [0.25, 0.3) is 11.5 Å². The van der Waals surface area contributed by atoms with Crippen LogP contribution in [-0.2, 0) is 6.42 Å². The smallest absolute Gasteiger partial charge is 0.278 e. The number of pyridine rings is 1. The standard InChI is InChI=1S/C28H20N4O4/c33-27(19-11-12-24-25(15-19)36-17-35-24)30-20-8-4-9-21(16-20)32-26-22(10-5-13-29-26)31-23(28(32)34)14-18-6-2-1-3-7-18/h1-13,15-16H,14,17H2,(H,30,33). The van der Waals surface area contributed by atoms with Gasteiger partial charge >= 0.3 is 0 Å². The van der Waals surface area contributed by atoms with E-state index < -0.39 is 0 Å². The van der Waals surface area contributed by atoms with Gasteiger partial charge in [-0.15, -0.1) is 0 Å². The molecular weight excluding hydrogens is 456 g/mol. The Morgan fingerprint density at radius 1 is 0.917 bits per heavy atom. The zero-order valence-corrected chi connectivity index (χ0v) is 19.0. The molecule has 8 heteroatoms. The summed E-state index contributed by atoms with van der Waals surface area (Å²) < 4.78 is 12.2. The minimum atomic E-state index is -0.305. The lowest BCUT2D eigenvalue weighted by Gasteiger charge is -2.13. The molecule has 0 aliphatic carbocycles. The Morgan fingerprint density at radius 2 is 1.78 bits per heavy atom. The molecule has 0 radical (unpaired) electrons. The molecule has 0 atom stereocenters. The maximum atomic E-state index is 13.6. The summed E-state index contributed by atoms with van der Waals surface area (Å²) in [6.45, 7) is 0.136. The van der Waals surface area contributed by atoms with Crippen LogP contribution in [0.15, 0.2) is 95.9 Å². The van der Waals surface area contributed by atoms with E-state index in [1.807, 2.05) is 36.4 Å². The third-order valence-electron chi connectivity index (χ3n) is 5.89. The van der Waals surface area contributed by atoms with E-state index in [4.69, 9.17) is 9.47 Å². The summed E-state index contributed by atoms with van der Waals surface area (Å²) >= 11 is 0. The number of benzene rings is 3. The lowest BCUT2D eigenvalue weighted by atomic mass is 10.1. The van der Waals surface area contributed by atoms with Gasteiger partial charge in [-0.25, -0.2) is 9.97 Å². The minimum absolute atomic E-state index is 0.136. The summed E-state index contributed by atoms with van der Waals surface area (Å²) in [6.07, 6.45) is 2.02. The van der Waals surface area contributed by atoms with Gasteiger partial charge in [0.2, 0.25) is 6.79 Å². The summed E-state index contributed by atoms with van der Waals surface area (Å²) in [4.78, 5) is 35.5. The number of rotatable bonds is 5. The van der Waals surface area contributed by atoms with Crippen LogP contribution < -0.4 is 20.3 Å². The Hall–Kier alpha value is -4.98. The fourth-order valence-electron chi connectivity index (χ4n) is 4.17. The van der Waals surface area contributed by atoms with E-state index in [2.05, 4.69) is 15.3 Å². The van der Waals surface area contributed by atoms with Crippen molar-refractivity contribution in [3.8, 4) is 17.2 Å². The van der Waals surface area contributed by atoms with Crippen LogP contribution in [-0.4, -0.2) is 27.2 Å². The van der Waals surface area contributed by atoms with Crippen molar-refractivity contribution in [1.82, 2.24) is 14.5 Å². The van der Waals surface area contributed by atoms with Crippen LogP contribution in [0.5, 0.6) is 11.5 Å². The average Bonchev–Trinajstić information content (AvgIpc) is 3.38. The maximum absolute atomic E-state index is 13.6. The zero-order chi connectivity index (χ0) is 24.5. The Labute approximate surface area is 205 Å². The van der Waals surface area contributed by atoms with Crippen molar-refractivity contribution in [2.24, 2.45) is 0 Å². The van der Waals surface area contributed by atoms with Gasteiger partial charge in [-0.1, -0.05) is 36.4 Å². The number of nitrogens with zero attached hydrogens (tertiary/aromatic N) is 3. The first-order chi connectivity index (χ1) is 17.7. The van der Waals surface area contributed by atoms with E-state index in [9.17, 15) is 9.59 Å². The minimum Gasteiger partial charge on any atom is -0.454 e. The average molecular weight is 476 g/mol. The van der Waals surface area contributed by atoms with Crippen molar-refractivity contribution in [2.75, 3.05) is 12.1 Å². The van der Waals surface area contributed by atoms with Gasteiger partial charge in [-0.05, 0) is 54.1 Å². The predicted molar refractivity (Wildman–Crippen MR) is 135 cm³/mol. The van der Waals surface area contributed by atoms with Crippen molar-refractivity contribution in [2.45, 2.75) is 6.42 Å². The van der Waals surface area contributed by atoms with Crippen LogP contribution in [0.2, 0.25) is 0 Å². The van der Waals surface area contributed by atoms with Gasteiger partial charge in [-0.2, -0.15) is 0 Å². The van der Waals surface area contributed by atoms with E-state index in [0.717, 1.165) is 5.56 Å². The molecule has 0 spiro atoms. The first-order valence-electron chi connectivity index (χ1n) is 11.4. The molecule has 176 valence electrons. The highest BCUT2D eigenvalue weighted by atomic mass is 16.7. The number of hydrogen-bond acceptors (Lipinski definition) is 6. The Bertz CT molecular complexity index is 1660. The van der Waals surface area contributed by atoms with E-state index in [0.29, 0.717) is 51.7 Å². The second-order valence-electron chi connectivity index (χ2n) is 8.28. The maximum Gasteiger partial charge on any atom is 0.278 e. The molecule has 1 amide bonds. The molecule has 0 saturated carbocycles. The highest BCUT2D eigenvalue weighted by Gasteiger charge is 2.18. The van der Waals surface area contributed by atoms with Gasteiger partial charge in [0.15, 0.2) is 17.1 Å². The molecule has 1 aliphatic rings. The largest absolute Gasteiger partial charge is 0.454 e. The third kappa shape index (κ3) is 4.05. The van der Waals surface area contributed by atoms with Crippen molar-refractivity contribution in [3.63, 3.8) is 0 Å². The van der Waals surface area contributed by atoms with Crippen molar-refractivity contribution >= 4 is 22.8 Å². The summed E-state index contributed by atoms with van der Waals surface area (Å²) in [5, 5.41) is 2.89. The molecule has 8 nitrogen and oxygen atoms in total. The van der Waals surface area contributed by atoms with Crippen LogP contribution in [0.1, 0.15) is 21.6 Å².